The summed E-state index contributed by atoms with van der Waals surface area (Å²) >= 11 is 0. The van der Waals surface area contributed by atoms with Gasteiger partial charge in [0, 0.05) is 13.2 Å². The molecule has 24 heavy (non-hydrogen) atoms. The third-order valence-corrected chi connectivity index (χ3v) is 4.42. The summed E-state index contributed by atoms with van der Waals surface area (Å²) in [5.74, 6) is 0.870. The molecule has 0 fully saturated rings. The van der Waals surface area contributed by atoms with Gasteiger partial charge in [0.2, 0.25) is 0 Å². The molecule has 2 aromatic carbocycles. The predicted octanol–water partition coefficient (Wildman–Crippen LogP) is 8.14. The third kappa shape index (κ3) is 3.29. The summed E-state index contributed by atoms with van der Waals surface area (Å²) in [6, 6.07) is 13.4. The molecule has 0 N–H and O–H groups in total. The highest BCUT2D eigenvalue weighted by Gasteiger charge is 2.37. The molecule has 2 aliphatic rings. The molecule has 0 nitrogen and oxygen atoms in total. The Kier molecular flexibility index (Phi) is 7.09. The van der Waals surface area contributed by atoms with E-state index in [2.05, 4.69) is 71.0 Å². The fourth-order valence-electron chi connectivity index (χ4n) is 3.69. The van der Waals surface area contributed by atoms with Crippen molar-refractivity contribution in [1.29, 1.82) is 0 Å². The Bertz CT molecular complexity index is 568. The zero-order valence-electron chi connectivity index (χ0n) is 16.4. The molecule has 0 heterocycles. The Morgan fingerprint density at radius 1 is 0.750 bits per heavy atom. The van der Waals surface area contributed by atoms with E-state index in [1.165, 1.54) is 52.6 Å². The summed E-state index contributed by atoms with van der Waals surface area (Å²) in [5, 5.41) is 0. The normalized spacial score (nSPS) is 13.8. The average molecular weight is 326 g/mol. The third-order valence-electron chi connectivity index (χ3n) is 4.42. The van der Waals surface area contributed by atoms with E-state index in [-0.39, 0.29) is 7.43 Å². The number of hydrogen-bond donors (Lipinski definition) is 0. The lowest BCUT2D eigenvalue weighted by atomic mass is 9.88. The topological polar surface area (TPSA) is 0 Å². The van der Waals surface area contributed by atoms with Crippen LogP contribution in [-0.4, -0.2) is 0 Å². The van der Waals surface area contributed by atoms with Crippen LogP contribution in [0.4, 0.5) is 0 Å². The van der Waals surface area contributed by atoms with Crippen LogP contribution in [0.5, 0.6) is 0 Å². The van der Waals surface area contributed by atoms with Crippen molar-refractivity contribution in [3.8, 4) is 11.1 Å². The maximum absolute atomic E-state index is 7.85. The van der Waals surface area contributed by atoms with Crippen LogP contribution in [0.15, 0.2) is 36.4 Å². The van der Waals surface area contributed by atoms with Crippen LogP contribution in [0.2, 0.25) is 0 Å². The van der Waals surface area contributed by atoms with Gasteiger partial charge in [0.05, 0.1) is 0 Å². The van der Waals surface area contributed by atoms with Gasteiger partial charge in [-0.3, -0.25) is 0 Å². The lowest BCUT2D eigenvalue weighted by Crippen LogP contribution is -1.99. The van der Waals surface area contributed by atoms with Gasteiger partial charge >= 0.3 is 0 Å². The fraction of sp³-hybridized carbons (Fsp3) is 0.500. The fourth-order valence-corrected chi connectivity index (χ4v) is 3.69. The van der Waals surface area contributed by atoms with Crippen molar-refractivity contribution in [3.63, 3.8) is 0 Å². The van der Waals surface area contributed by atoms with Gasteiger partial charge < -0.3 is 0 Å². The van der Waals surface area contributed by atoms with E-state index >= 15 is 0 Å². The Morgan fingerprint density at radius 3 is 1.46 bits per heavy atom. The maximum Gasteiger partial charge on any atom is 0.0240 e. The monoisotopic (exact) mass is 325 g/mol. The molecule has 4 rings (SSSR count). The minimum atomic E-state index is 0. The van der Waals surface area contributed by atoms with Crippen molar-refractivity contribution in [2.75, 3.05) is 0 Å². The second-order valence-electron chi connectivity index (χ2n) is 6.55. The average Bonchev–Trinajstić information content (AvgIpc) is 3.09. The lowest BCUT2D eigenvalue weighted by Gasteiger charge is -2.15. The summed E-state index contributed by atoms with van der Waals surface area (Å²) in [6.07, 6.45) is 3.67. The van der Waals surface area contributed by atoms with Crippen LogP contribution in [-0.2, 0) is 0 Å². The molecule has 0 atom stereocenters. The second kappa shape index (κ2) is 9.06. The minimum Gasteiger partial charge on any atom is -0.0776 e. The smallest absolute Gasteiger partial charge is 0.0240 e. The highest BCUT2D eigenvalue weighted by atomic mass is 14.4. The van der Waals surface area contributed by atoms with Crippen molar-refractivity contribution in [1.82, 2.24) is 0 Å². The van der Waals surface area contributed by atoms with E-state index in [4.69, 9.17) is 1.37 Å². The molecule has 132 valence electrons. The molecular formula is C24H36. The van der Waals surface area contributed by atoms with Crippen LogP contribution >= 0.6 is 0 Å². The first-order chi connectivity index (χ1) is 11.7. The van der Waals surface area contributed by atoms with Gasteiger partial charge in [-0.05, 0) is 39.8 Å². The summed E-state index contributed by atoms with van der Waals surface area (Å²) < 4.78 is 7.85. The first-order valence-corrected chi connectivity index (χ1v) is 9.24. The zero-order valence-corrected chi connectivity index (χ0v) is 15.4. The van der Waals surface area contributed by atoms with E-state index in [9.17, 15) is 0 Å². The van der Waals surface area contributed by atoms with Gasteiger partial charge in [0.25, 0.3) is 0 Å². The first kappa shape index (κ1) is 18.8. The van der Waals surface area contributed by atoms with Crippen molar-refractivity contribution < 1.29 is 1.37 Å². The Morgan fingerprint density at radius 2 is 1.12 bits per heavy atom. The molecular weight excluding hydrogens is 288 g/mol. The molecule has 2 aromatic rings. The summed E-state index contributed by atoms with van der Waals surface area (Å²) in [4.78, 5) is 0. The van der Waals surface area contributed by atoms with Gasteiger partial charge in [-0.2, -0.15) is 0 Å². The Labute approximate surface area is 151 Å². The van der Waals surface area contributed by atoms with Crippen LogP contribution in [0.3, 0.4) is 0 Å². The highest BCUT2D eigenvalue weighted by molar-refractivity contribution is 5.89. The summed E-state index contributed by atoms with van der Waals surface area (Å²) in [6.45, 7) is 11.2. The Hall–Kier alpha value is -1.56. The van der Waals surface area contributed by atoms with Gasteiger partial charge in [-0.1, -0.05) is 98.2 Å². The van der Waals surface area contributed by atoms with E-state index in [0.717, 1.165) is 0 Å². The van der Waals surface area contributed by atoms with Crippen molar-refractivity contribution in [2.45, 2.75) is 80.0 Å². The van der Waals surface area contributed by atoms with E-state index < -0.39 is 0 Å². The van der Waals surface area contributed by atoms with Gasteiger partial charge in [-0.25, -0.2) is 0 Å². The van der Waals surface area contributed by atoms with E-state index in [1.807, 2.05) is 0 Å². The molecule has 0 heteroatoms. The van der Waals surface area contributed by atoms with Crippen molar-refractivity contribution in [2.24, 2.45) is 0 Å². The van der Waals surface area contributed by atoms with E-state index in [0.29, 0.717) is 18.7 Å². The largest absolute Gasteiger partial charge is 0.0776 e. The minimum absolute atomic E-state index is 0. The summed E-state index contributed by atoms with van der Waals surface area (Å²) in [7, 11) is 0. The zero-order chi connectivity index (χ0) is 17.7. The predicted molar refractivity (Wildman–Crippen MR) is 110 cm³/mol. The Balaban J connectivity index is 0.000000398. The first-order valence-electron chi connectivity index (χ1n) is 9.95. The second-order valence-corrected chi connectivity index (χ2v) is 6.55. The maximum atomic E-state index is 7.85. The highest BCUT2D eigenvalue weighted by Crippen LogP contribution is 2.56. The molecule has 0 radical (unpaired) electrons. The summed E-state index contributed by atoms with van der Waals surface area (Å²) in [5.41, 5.74) is 8.70. The van der Waals surface area contributed by atoms with Crippen LogP contribution in [0, 0.1) is 0 Å². The molecule has 0 saturated heterocycles. The van der Waals surface area contributed by atoms with Gasteiger partial charge in [0.1, 0.15) is 0 Å². The molecule has 2 aliphatic carbocycles. The molecule has 0 unspecified atom stereocenters. The quantitative estimate of drug-likeness (QED) is 0.496. The molecule has 0 amide bonds. The van der Waals surface area contributed by atoms with Gasteiger partial charge in [-0.15, -0.1) is 0 Å². The molecule has 0 bridgehead atoms. The number of hydrogen-bond acceptors (Lipinski definition) is 0. The van der Waals surface area contributed by atoms with Gasteiger partial charge in [0.15, 0.2) is 0 Å². The number of rotatable bonds is 1. The standard InChI is InChI=1S/C17H16.2C3H8.CH4/c1-3-11-14-8-4-6-12-10(2)13-7-5-9-15(11)17(13)16(12)14;2*1-3-2;/h4-11H,3H2,1-2H3;2*3H2,1-2H3;1H4/i2D;;;. The van der Waals surface area contributed by atoms with Crippen molar-refractivity contribution >= 4 is 0 Å². The van der Waals surface area contributed by atoms with Crippen LogP contribution in [0.1, 0.15) is 104 Å². The molecule has 0 spiro atoms. The van der Waals surface area contributed by atoms with Crippen LogP contribution in [0.25, 0.3) is 11.1 Å². The van der Waals surface area contributed by atoms with E-state index in [1.54, 1.807) is 0 Å². The van der Waals surface area contributed by atoms with Crippen molar-refractivity contribution in [3.05, 3.63) is 58.7 Å². The molecule has 0 aromatic heterocycles. The molecule has 0 saturated carbocycles. The SMILES string of the molecule is C.CCC.CCC.[2H]CC1c2cccc3c2-c2c1cccc2C3CC. The van der Waals surface area contributed by atoms with Crippen LogP contribution < -0.4 is 0 Å². The lowest BCUT2D eigenvalue weighted by molar-refractivity contribution is 0.790. The molecule has 0 aliphatic heterocycles. The number of benzene rings is 2.